The Labute approximate surface area is 124 Å². The molecule has 0 radical (unpaired) electrons. The summed E-state index contributed by atoms with van der Waals surface area (Å²) in [5.41, 5.74) is 7.09. The number of hydrogen-bond donors (Lipinski definition) is 1. The number of fused-ring (bicyclic) bond motifs is 1. The zero-order valence-corrected chi connectivity index (χ0v) is 11.9. The summed E-state index contributed by atoms with van der Waals surface area (Å²) in [4.78, 5) is 4.16. The highest BCUT2D eigenvalue weighted by atomic mass is 16.5. The fourth-order valence-corrected chi connectivity index (χ4v) is 2.46. The topological polar surface area (TPSA) is 48.1 Å². The lowest BCUT2D eigenvalue weighted by molar-refractivity contribution is 0.182. The molecule has 3 rings (SSSR count). The second kappa shape index (κ2) is 5.94. The van der Waals surface area contributed by atoms with E-state index < -0.39 is 0 Å². The van der Waals surface area contributed by atoms with Crippen LogP contribution >= 0.6 is 0 Å². The van der Waals surface area contributed by atoms with E-state index in [0.717, 1.165) is 22.1 Å². The molecule has 106 valence electrons. The highest BCUT2D eigenvalue weighted by Gasteiger charge is 2.19. The van der Waals surface area contributed by atoms with Crippen molar-refractivity contribution in [1.29, 1.82) is 0 Å². The molecule has 0 amide bonds. The molecule has 0 saturated carbocycles. The van der Waals surface area contributed by atoms with Crippen molar-refractivity contribution in [1.82, 2.24) is 4.98 Å². The molecule has 1 aromatic heterocycles. The van der Waals surface area contributed by atoms with Gasteiger partial charge in [-0.2, -0.15) is 0 Å². The van der Waals surface area contributed by atoms with Crippen molar-refractivity contribution in [3.05, 3.63) is 72.6 Å². The largest absolute Gasteiger partial charge is 0.483 e. The first-order valence-corrected chi connectivity index (χ1v) is 7.05. The third kappa shape index (κ3) is 2.88. The molecule has 0 aliphatic heterocycles. The van der Waals surface area contributed by atoms with Gasteiger partial charge >= 0.3 is 0 Å². The zero-order chi connectivity index (χ0) is 14.7. The minimum atomic E-state index is -0.218. The zero-order valence-electron chi connectivity index (χ0n) is 11.9. The number of nitrogens with zero attached hydrogens (tertiary/aromatic N) is 1. The van der Waals surface area contributed by atoms with Gasteiger partial charge in [0.1, 0.15) is 11.9 Å². The Kier molecular flexibility index (Phi) is 3.84. The molecule has 2 atom stereocenters. The van der Waals surface area contributed by atoms with Crippen LogP contribution in [0.1, 0.15) is 18.6 Å². The van der Waals surface area contributed by atoms with E-state index in [4.69, 9.17) is 10.5 Å². The van der Waals surface area contributed by atoms with Crippen LogP contribution in [0.5, 0.6) is 5.75 Å². The van der Waals surface area contributed by atoms with Gasteiger partial charge < -0.3 is 10.5 Å². The molecule has 0 saturated heterocycles. The molecule has 2 aromatic carbocycles. The number of pyridine rings is 1. The van der Waals surface area contributed by atoms with Crippen LogP contribution in [0.2, 0.25) is 0 Å². The van der Waals surface area contributed by atoms with Gasteiger partial charge in [0, 0.05) is 29.4 Å². The Hall–Kier alpha value is -2.39. The maximum absolute atomic E-state index is 6.21. The number of ether oxygens (including phenoxy) is 1. The van der Waals surface area contributed by atoms with E-state index in [0.29, 0.717) is 0 Å². The minimum absolute atomic E-state index is 0.131. The smallest absolute Gasteiger partial charge is 0.140 e. The Balaban J connectivity index is 1.99. The first kappa shape index (κ1) is 13.6. The molecule has 0 fully saturated rings. The summed E-state index contributed by atoms with van der Waals surface area (Å²) in [5, 5.41) is 2.25. The van der Waals surface area contributed by atoms with Crippen LogP contribution < -0.4 is 10.5 Å². The van der Waals surface area contributed by atoms with Gasteiger partial charge in [-0.25, -0.2) is 0 Å². The molecule has 21 heavy (non-hydrogen) atoms. The van der Waals surface area contributed by atoms with Crippen LogP contribution in [0, 0.1) is 0 Å². The maximum atomic E-state index is 6.21. The van der Waals surface area contributed by atoms with Crippen LogP contribution in [0.4, 0.5) is 0 Å². The highest BCUT2D eigenvalue weighted by Crippen LogP contribution is 2.30. The van der Waals surface area contributed by atoms with E-state index in [1.807, 2.05) is 43.3 Å². The van der Waals surface area contributed by atoms with Crippen molar-refractivity contribution in [2.45, 2.75) is 19.1 Å². The van der Waals surface area contributed by atoms with E-state index in [1.54, 1.807) is 12.4 Å². The van der Waals surface area contributed by atoms with E-state index in [2.05, 4.69) is 23.2 Å². The second-order valence-corrected chi connectivity index (χ2v) is 5.16. The molecule has 0 spiro atoms. The molecule has 2 unspecified atom stereocenters. The Morgan fingerprint density at radius 2 is 1.81 bits per heavy atom. The summed E-state index contributed by atoms with van der Waals surface area (Å²) in [7, 11) is 0. The number of nitrogens with two attached hydrogens (primary N) is 1. The monoisotopic (exact) mass is 278 g/mol. The lowest BCUT2D eigenvalue weighted by Crippen LogP contribution is -2.29. The van der Waals surface area contributed by atoms with E-state index in [9.17, 15) is 0 Å². The van der Waals surface area contributed by atoms with Gasteiger partial charge in [-0.3, -0.25) is 4.98 Å². The Morgan fingerprint density at radius 3 is 2.57 bits per heavy atom. The molecular formula is C18H18N2O. The van der Waals surface area contributed by atoms with Crippen molar-refractivity contribution in [2.75, 3.05) is 0 Å². The van der Waals surface area contributed by atoms with Crippen LogP contribution in [-0.2, 0) is 0 Å². The predicted molar refractivity (Wildman–Crippen MR) is 85.2 cm³/mol. The lowest BCUT2D eigenvalue weighted by atomic mass is 10.1. The number of benzene rings is 2. The van der Waals surface area contributed by atoms with Gasteiger partial charge in [0.15, 0.2) is 0 Å². The molecule has 1 heterocycles. The molecular weight excluding hydrogens is 260 g/mol. The van der Waals surface area contributed by atoms with Crippen LogP contribution in [0.25, 0.3) is 10.8 Å². The summed E-state index contributed by atoms with van der Waals surface area (Å²) in [5.74, 6) is 0.847. The third-order valence-electron chi connectivity index (χ3n) is 3.49. The van der Waals surface area contributed by atoms with Crippen molar-refractivity contribution in [3.63, 3.8) is 0 Å². The first-order valence-electron chi connectivity index (χ1n) is 7.05. The quantitative estimate of drug-likeness (QED) is 0.791. The fourth-order valence-electron chi connectivity index (χ4n) is 2.46. The molecule has 2 N–H and O–H groups in total. The minimum Gasteiger partial charge on any atom is -0.483 e. The molecule has 0 bridgehead atoms. The number of rotatable bonds is 4. The SMILES string of the molecule is CC(N)C(Oc1cccc2ccccc12)c1cccnc1. The number of hydrogen-bond acceptors (Lipinski definition) is 3. The first-order chi connectivity index (χ1) is 10.3. The summed E-state index contributed by atoms with van der Waals surface area (Å²) in [6.07, 6.45) is 3.34. The molecule has 0 aliphatic rings. The summed E-state index contributed by atoms with van der Waals surface area (Å²) < 4.78 is 6.21. The van der Waals surface area contributed by atoms with Gasteiger partial charge in [0.2, 0.25) is 0 Å². The molecule has 3 heteroatoms. The maximum Gasteiger partial charge on any atom is 0.140 e. The van der Waals surface area contributed by atoms with Gasteiger partial charge in [-0.05, 0) is 24.4 Å². The van der Waals surface area contributed by atoms with E-state index >= 15 is 0 Å². The second-order valence-electron chi connectivity index (χ2n) is 5.16. The van der Waals surface area contributed by atoms with Crippen molar-refractivity contribution in [3.8, 4) is 5.75 Å². The van der Waals surface area contributed by atoms with E-state index in [-0.39, 0.29) is 12.1 Å². The Bertz CT molecular complexity index is 720. The highest BCUT2D eigenvalue weighted by molar-refractivity contribution is 5.88. The lowest BCUT2D eigenvalue weighted by Gasteiger charge is -2.23. The third-order valence-corrected chi connectivity index (χ3v) is 3.49. The molecule has 3 aromatic rings. The Morgan fingerprint density at radius 1 is 1.00 bits per heavy atom. The summed E-state index contributed by atoms with van der Waals surface area (Å²) in [6.45, 7) is 1.95. The van der Waals surface area contributed by atoms with Gasteiger partial charge in [0.05, 0.1) is 0 Å². The van der Waals surface area contributed by atoms with E-state index in [1.165, 1.54) is 0 Å². The normalized spacial score (nSPS) is 13.8. The number of aromatic nitrogens is 1. The predicted octanol–water partition coefficient (Wildman–Crippen LogP) is 3.70. The van der Waals surface area contributed by atoms with Gasteiger partial charge in [-0.1, -0.05) is 42.5 Å². The van der Waals surface area contributed by atoms with Crippen LogP contribution in [0.15, 0.2) is 67.0 Å². The van der Waals surface area contributed by atoms with Crippen LogP contribution in [-0.4, -0.2) is 11.0 Å². The molecule has 3 nitrogen and oxygen atoms in total. The van der Waals surface area contributed by atoms with Crippen molar-refractivity contribution in [2.24, 2.45) is 5.73 Å². The summed E-state index contributed by atoms with van der Waals surface area (Å²) in [6, 6.07) is 18.0. The standard InChI is InChI=1S/C18H18N2O/c1-13(19)18(15-8-5-11-20-12-15)21-17-10-4-7-14-6-2-3-9-16(14)17/h2-13,18H,19H2,1H3. The average Bonchev–Trinajstić information content (AvgIpc) is 2.53. The molecule has 0 aliphatic carbocycles. The summed E-state index contributed by atoms with van der Waals surface area (Å²) >= 11 is 0. The van der Waals surface area contributed by atoms with Gasteiger partial charge in [0.25, 0.3) is 0 Å². The van der Waals surface area contributed by atoms with Gasteiger partial charge in [-0.15, -0.1) is 0 Å². The average molecular weight is 278 g/mol. The van der Waals surface area contributed by atoms with Crippen molar-refractivity contribution < 1.29 is 4.74 Å². The fraction of sp³-hybridized carbons (Fsp3) is 0.167. The van der Waals surface area contributed by atoms with Crippen LogP contribution in [0.3, 0.4) is 0 Å². The van der Waals surface area contributed by atoms with Crippen molar-refractivity contribution >= 4 is 10.8 Å².